The Morgan fingerprint density at radius 3 is 2.50 bits per heavy atom. The smallest absolute Gasteiger partial charge is 0.340 e. The summed E-state index contributed by atoms with van der Waals surface area (Å²) in [4.78, 5) is 3.97. The van der Waals surface area contributed by atoms with Gasteiger partial charge in [0, 0.05) is 13.1 Å². The minimum atomic E-state index is 0.0297. The second kappa shape index (κ2) is 4.32. The Bertz CT molecular complexity index is 461. The second-order valence-corrected chi connectivity index (χ2v) is 3.66. The first-order valence-corrected chi connectivity index (χ1v) is 5.04. The summed E-state index contributed by atoms with van der Waals surface area (Å²) in [7, 11) is 1.79. The number of rotatable bonds is 3. The van der Waals surface area contributed by atoms with E-state index in [1.165, 1.54) is 0 Å². The summed E-state index contributed by atoms with van der Waals surface area (Å²) in [6.07, 6.45) is 1.59. The summed E-state index contributed by atoms with van der Waals surface area (Å²) in [5.74, 6) is 0.704. The molecule has 1 aromatic carbocycles. The van der Waals surface area contributed by atoms with Gasteiger partial charge in [-0.15, -0.1) is 5.10 Å². The summed E-state index contributed by atoms with van der Waals surface area (Å²) >= 11 is 0. The highest BCUT2D eigenvalue weighted by Crippen LogP contribution is 2.19. The molecule has 1 aromatic heterocycles. The van der Waals surface area contributed by atoms with Crippen molar-refractivity contribution in [2.24, 2.45) is 12.8 Å². The molecule has 0 saturated heterocycles. The van der Waals surface area contributed by atoms with E-state index in [-0.39, 0.29) is 6.04 Å². The fourth-order valence-corrected chi connectivity index (χ4v) is 1.31. The highest BCUT2D eigenvalue weighted by Gasteiger charge is 2.03. The normalized spacial score (nSPS) is 12.4. The standard InChI is InChI=1S/C11H14N4O/c1-8(12)9-3-5-10(6-4-9)16-11-13-7-15(2)14-11/h3-8H,12H2,1-2H3. The van der Waals surface area contributed by atoms with Crippen LogP contribution in [0.3, 0.4) is 0 Å². The van der Waals surface area contributed by atoms with Crippen LogP contribution >= 0.6 is 0 Å². The minimum absolute atomic E-state index is 0.0297. The Morgan fingerprint density at radius 2 is 2.00 bits per heavy atom. The van der Waals surface area contributed by atoms with Crippen molar-refractivity contribution in [3.05, 3.63) is 36.2 Å². The predicted octanol–water partition coefficient (Wildman–Crippen LogP) is 1.63. The lowest BCUT2D eigenvalue weighted by Gasteiger charge is -2.06. The molecule has 2 N–H and O–H groups in total. The SMILES string of the molecule is CC(N)c1ccc(Oc2ncn(C)n2)cc1. The van der Waals surface area contributed by atoms with Gasteiger partial charge in [0.25, 0.3) is 0 Å². The summed E-state index contributed by atoms with van der Waals surface area (Å²) in [6.45, 7) is 1.94. The quantitative estimate of drug-likeness (QED) is 0.850. The summed E-state index contributed by atoms with van der Waals surface area (Å²) in [5.41, 5.74) is 6.82. The zero-order valence-electron chi connectivity index (χ0n) is 9.29. The molecule has 84 valence electrons. The van der Waals surface area contributed by atoms with Gasteiger partial charge in [0.2, 0.25) is 0 Å². The van der Waals surface area contributed by atoms with E-state index >= 15 is 0 Å². The molecule has 0 aliphatic carbocycles. The lowest BCUT2D eigenvalue weighted by atomic mass is 10.1. The highest BCUT2D eigenvalue weighted by molar-refractivity contribution is 5.30. The Kier molecular flexibility index (Phi) is 2.87. The van der Waals surface area contributed by atoms with Crippen molar-refractivity contribution in [1.29, 1.82) is 0 Å². The van der Waals surface area contributed by atoms with E-state index in [4.69, 9.17) is 10.5 Å². The molecular weight excluding hydrogens is 204 g/mol. The number of hydrogen-bond donors (Lipinski definition) is 1. The molecule has 0 fully saturated rings. The van der Waals surface area contributed by atoms with Crippen molar-refractivity contribution in [2.75, 3.05) is 0 Å². The maximum absolute atomic E-state index is 5.75. The molecule has 0 bridgehead atoms. The average Bonchev–Trinajstić information content (AvgIpc) is 2.65. The van der Waals surface area contributed by atoms with Crippen LogP contribution in [-0.4, -0.2) is 14.8 Å². The van der Waals surface area contributed by atoms with Gasteiger partial charge in [0.1, 0.15) is 12.1 Å². The minimum Gasteiger partial charge on any atom is -0.423 e. The van der Waals surface area contributed by atoms with Crippen LogP contribution in [0.15, 0.2) is 30.6 Å². The van der Waals surface area contributed by atoms with E-state index < -0.39 is 0 Å². The van der Waals surface area contributed by atoms with E-state index in [2.05, 4.69) is 10.1 Å². The molecule has 0 radical (unpaired) electrons. The molecule has 1 atom stereocenters. The molecule has 16 heavy (non-hydrogen) atoms. The van der Waals surface area contributed by atoms with Crippen molar-refractivity contribution < 1.29 is 4.74 Å². The number of aryl methyl sites for hydroxylation is 1. The number of ether oxygens (including phenoxy) is 1. The van der Waals surface area contributed by atoms with Gasteiger partial charge < -0.3 is 10.5 Å². The maximum atomic E-state index is 5.75. The zero-order valence-corrected chi connectivity index (χ0v) is 9.29. The molecule has 2 aromatic rings. The molecule has 0 saturated carbocycles. The first-order chi connectivity index (χ1) is 7.65. The van der Waals surface area contributed by atoms with Crippen molar-refractivity contribution in [3.8, 4) is 11.8 Å². The molecule has 5 nitrogen and oxygen atoms in total. The molecular formula is C11H14N4O. The number of aromatic nitrogens is 3. The van der Waals surface area contributed by atoms with Crippen LogP contribution in [0.25, 0.3) is 0 Å². The second-order valence-electron chi connectivity index (χ2n) is 3.66. The Hall–Kier alpha value is -1.88. The van der Waals surface area contributed by atoms with Crippen LogP contribution in [0.1, 0.15) is 18.5 Å². The monoisotopic (exact) mass is 218 g/mol. The summed E-state index contributed by atoms with van der Waals surface area (Å²) < 4.78 is 7.04. The topological polar surface area (TPSA) is 66.0 Å². The highest BCUT2D eigenvalue weighted by atomic mass is 16.5. The van der Waals surface area contributed by atoms with Gasteiger partial charge >= 0.3 is 6.01 Å². The fraction of sp³-hybridized carbons (Fsp3) is 0.273. The van der Waals surface area contributed by atoms with Gasteiger partial charge in [-0.25, -0.2) is 0 Å². The largest absolute Gasteiger partial charge is 0.423 e. The van der Waals surface area contributed by atoms with Gasteiger partial charge in [0.05, 0.1) is 0 Å². The zero-order chi connectivity index (χ0) is 11.5. The van der Waals surface area contributed by atoms with Gasteiger partial charge in [-0.2, -0.15) is 4.98 Å². The first kappa shape index (κ1) is 10.6. The van der Waals surface area contributed by atoms with E-state index in [0.29, 0.717) is 11.8 Å². The van der Waals surface area contributed by atoms with Crippen LogP contribution in [0, 0.1) is 0 Å². The van der Waals surface area contributed by atoms with Gasteiger partial charge in [-0.05, 0) is 24.6 Å². The van der Waals surface area contributed by atoms with Gasteiger partial charge in [0.15, 0.2) is 0 Å². The average molecular weight is 218 g/mol. The number of nitrogens with zero attached hydrogens (tertiary/aromatic N) is 3. The van der Waals surface area contributed by atoms with Crippen LogP contribution in [-0.2, 0) is 7.05 Å². The molecule has 2 rings (SSSR count). The van der Waals surface area contributed by atoms with E-state index in [0.717, 1.165) is 5.56 Å². The van der Waals surface area contributed by atoms with Gasteiger partial charge in [-0.3, -0.25) is 4.68 Å². The predicted molar refractivity (Wildman–Crippen MR) is 60.1 cm³/mol. The number of nitrogens with two attached hydrogens (primary N) is 1. The molecule has 0 amide bonds. The van der Waals surface area contributed by atoms with Crippen LogP contribution < -0.4 is 10.5 Å². The summed E-state index contributed by atoms with van der Waals surface area (Å²) in [6, 6.07) is 7.95. The Balaban J connectivity index is 2.11. The summed E-state index contributed by atoms with van der Waals surface area (Å²) in [5, 5.41) is 4.02. The third-order valence-corrected chi connectivity index (χ3v) is 2.19. The first-order valence-electron chi connectivity index (χ1n) is 5.04. The molecule has 5 heteroatoms. The molecule has 0 aliphatic heterocycles. The fourth-order valence-electron chi connectivity index (χ4n) is 1.31. The number of benzene rings is 1. The molecule has 0 aliphatic rings. The van der Waals surface area contributed by atoms with Crippen molar-refractivity contribution >= 4 is 0 Å². The van der Waals surface area contributed by atoms with Crippen molar-refractivity contribution in [1.82, 2.24) is 14.8 Å². The van der Waals surface area contributed by atoms with Crippen LogP contribution in [0.4, 0.5) is 0 Å². The van der Waals surface area contributed by atoms with E-state index in [1.807, 2.05) is 31.2 Å². The Morgan fingerprint density at radius 1 is 1.31 bits per heavy atom. The Labute approximate surface area is 93.9 Å². The van der Waals surface area contributed by atoms with Crippen molar-refractivity contribution in [3.63, 3.8) is 0 Å². The third kappa shape index (κ3) is 2.38. The maximum Gasteiger partial charge on any atom is 0.340 e. The third-order valence-electron chi connectivity index (χ3n) is 2.19. The van der Waals surface area contributed by atoms with Crippen molar-refractivity contribution in [2.45, 2.75) is 13.0 Å². The van der Waals surface area contributed by atoms with Crippen LogP contribution in [0.5, 0.6) is 11.8 Å². The molecule has 0 spiro atoms. The number of hydrogen-bond acceptors (Lipinski definition) is 4. The van der Waals surface area contributed by atoms with Crippen LogP contribution in [0.2, 0.25) is 0 Å². The lowest BCUT2D eigenvalue weighted by Crippen LogP contribution is -2.04. The molecule has 1 heterocycles. The van der Waals surface area contributed by atoms with E-state index in [9.17, 15) is 0 Å². The lowest BCUT2D eigenvalue weighted by molar-refractivity contribution is 0.438. The van der Waals surface area contributed by atoms with E-state index in [1.54, 1.807) is 18.1 Å². The van der Waals surface area contributed by atoms with Gasteiger partial charge in [-0.1, -0.05) is 12.1 Å². The molecule has 1 unspecified atom stereocenters.